The first kappa shape index (κ1) is 9.34. The van der Waals surface area contributed by atoms with Crippen molar-refractivity contribution in [2.24, 2.45) is 0 Å². The molecule has 0 saturated heterocycles. The van der Waals surface area contributed by atoms with Gasteiger partial charge in [0.15, 0.2) is 0 Å². The van der Waals surface area contributed by atoms with Gasteiger partial charge in [-0.3, -0.25) is 4.79 Å². The van der Waals surface area contributed by atoms with E-state index in [1.807, 2.05) is 41.8 Å². The molecule has 1 atom stereocenters. The summed E-state index contributed by atoms with van der Waals surface area (Å²) in [5.74, 6) is -0.765. The minimum atomic E-state index is -0.790. The summed E-state index contributed by atoms with van der Waals surface area (Å²) in [5, 5.41) is 11.1. The van der Waals surface area contributed by atoms with Crippen LogP contribution in [0.3, 0.4) is 0 Å². The number of carboxylic acid groups (broad SMARTS) is 1. The van der Waals surface area contributed by atoms with E-state index in [1.165, 1.54) is 11.8 Å². The highest BCUT2D eigenvalue weighted by atomic mass is 32.2. The molecule has 2 rings (SSSR count). The van der Waals surface area contributed by atoms with E-state index in [0.29, 0.717) is 6.42 Å². The Morgan fingerprint density at radius 1 is 1.36 bits per heavy atom. The Morgan fingerprint density at radius 3 is 2.57 bits per heavy atom. The quantitative estimate of drug-likeness (QED) is 0.808. The van der Waals surface area contributed by atoms with Gasteiger partial charge in [-0.2, -0.15) is 0 Å². The third kappa shape index (κ3) is 1.34. The molecule has 0 saturated carbocycles. The molecule has 0 amide bonds. The summed E-state index contributed by atoms with van der Waals surface area (Å²) >= 11 is 1.37. The highest BCUT2D eigenvalue weighted by molar-refractivity contribution is 8.04. The minimum absolute atomic E-state index is 0.566. The van der Waals surface area contributed by atoms with Crippen molar-refractivity contribution in [3.05, 3.63) is 47.4 Å². The highest BCUT2D eigenvalue weighted by Crippen LogP contribution is 2.45. The standard InChI is InChI=1S/C11H10O2S/c12-10(13)11(7-4-8-14-11)9-5-2-1-3-6-9/h1-6,8H,7H2,(H,12,13). The fraction of sp³-hybridized carbons (Fsp3) is 0.182. The zero-order valence-corrected chi connectivity index (χ0v) is 8.33. The predicted molar refractivity (Wildman–Crippen MR) is 57.1 cm³/mol. The molecule has 72 valence electrons. The lowest BCUT2D eigenvalue weighted by molar-refractivity contribution is -0.140. The number of thioether (sulfide) groups is 1. The molecule has 0 aliphatic carbocycles. The van der Waals surface area contributed by atoms with Gasteiger partial charge in [-0.25, -0.2) is 0 Å². The lowest BCUT2D eigenvalue weighted by Gasteiger charge is -2.23. The van der Waals surface area contributed by atoms with Crippen molar-refractivity contribution < 1.29 is 9.90 Å². The monoisotopic (exact) mass is 206 g/mol. The van der Waals surface area contributed by atoms with Gasteiger partial charge in [-0.05, 0) is 17.4 Å². The number of rotatable bonds is 2. The average Bonchev–Trinajstić information content (AvgIpc) is 2.69. The van der Waals surface area contributed by atoms with Crippen molar-refractivity contribution in [3.8, 4) is 0 Å². The van der Waals surface area contributed by atoms with Crippen molar-refractivity contribution >= 4 is 17.7 Å². The number of carboxylic acids is 1. The van der Waals surface area contributed by atoms with Crippen LogP contribution >= 0.6 is 11.8 Å². The molecule has 0 aromatic heterocycles. The third-order valence-electron chi connectivity index (χ3n) is 2.36. The third-order valence-corrected chi connectivity index (χ3v) is 3.66. The van der Waals surface area contributed by atoms with Gasteiger partial charge in [0.2, 0.25) is 0 Å². The molecule has 1 heterocycles. The molecule has 0 bridgehead atoms. The topological polar surface area (TPSA) is 37.3 Å². The molecular weight excluding hydrogens is 196 g/mol. The van der Waals surface area contributed by atoms with Crippen LogP contribution in [0.15, 0.2) is 41.8 Å². The van der Waals surface area contributed by atoms with Gasteiger partial charge in [-0.15, -0.1) is 11.8 Å². The van der Waals surface area contributed by atoms with Gasteiger partial charge in [0.25, 0.3) is 0 Å². The summed E-state index contributed by atoms with van der Waals surface area (Å²) in [6.07, 6.45) is 2.48. The number of hydrogen-bond donors (Lipinski definition) is 1. The molecule has 1 N–H and O–H groups in total. The molecule has 3 heteroatoms. The zero-order valence-electron chi connectivity index (χ0n) is 7.51. The average molecular weight is 206 g/mol. The van der Waals surface area contributed by atoms with Crippen molar-refractivity contribution in [1.29, 1.82) is 0 Å². The Kier molecular flexibility index (Phi) is 2.33. The molecule has 0 spiro atoms. The van der Waals surface area contributed by atoms with Crippen molar-refractivity contribution in [1.82, 2.24) is 0 Å². The molecule has 1 aromatic rings. The summed E-state index contributed by atoms with van der Waals surface area (Å²) in [6.45, 7) is 0. The summed E-state index contributed by atoms with van der Waals surface area (Å²) in [4.78, 5) is 11.3. The van der Waals surface area contributed by atoms with E-state index in [2.05, 4.69) is 0 Å². The van der Waals surface area contributed by atoms with E-state index in [9.17, 15) is 9.90 Å². The Bertz CT molecular complexity index is 362. The number of hydrogen-bond acceptors (Lipinski definition) is 2. The highest BCUT2D eigenvalue weighted by Gasteiger charge is 2.41. The molecule has 0 fully saturated rings. The van der Waals surface area contributed by atoms with Gasteiger partial charge in [0, 0.05) is 0 Å². The van der Waals surface area contributed by atoms with Gasteiger partial charge in [0.05, 0.1) is 0 Å². The fourth-order valence-electron chi connectivity index (χ4n) is 1.58. The molecule has 14 heavy (non-hydrogen) atoms. The summed E-state index contributed by atoms with van der Waals surface area (Å²) in [6, 6.07) is 9.38. The predicted octanol–water partition coefficient (Wildman–Crippen LogP) is 2.62. The van der Waals surface area contributed by atoms with E-state index >= 15 is 0 Å². The molecule has 1 aliphatic heterocycles. The Balaban J connectivity index is 2.43. The van der Waals surface area contributed by atoms with Crippen molar-refractivity contribution in [2.75, 3.05) is 0 Å². The van der Waals surface area contributed by atoms with Gasteiger partial charge in [-0.1, -0.05) is 36.4 Å². The van der Waals surface area contributed by atoms with E-state index in [1.54, 1.807) is 0 Å². The number of carbonyl (C=O) groups is 1. The zero-order chi connectivity index (χ0) is 10.0. The normalized spacial score (nSPS) is 25.1. The first-order valence-corrected chi connectivity index (χ1v) is 5.25. The Hall–Kier alpha value is -1.22. The van der Waals surface area contributed by atoms with Gasteiger partial charge < -0.3 is 5.11 Å². The Morgan fingerprint density at radius 2 is 2.07 bits per heavy atom. The number of aliphatic carboxylic acids is 1. The van der Waals surface area contributed by atoms with Crippen LogP contribution in [0.1, 0.15) is 12.0 Å². The SMILES string of the molecule is O=C(O)C1(c2ccccc2)CC=CS1. The second kappa shape index (κ2) is 3.50. The summed E-state index contributed by atoms with van der Waals surface area (Å²) in [5.41, 5.74) is 0.863. The van der Waals surface area contributed by atoms with Crippen LogP contribution in [-0.2, 0) is 9.54 Å². The first-order chi connectivity index (χ1) is 6.76. The van der Waals surface area contributed by atoms with Crippen LogP contribution < -0.4 is 0 Å². The van der Waals surface area contributed by atoms with E-state index in [0.717, 1.165) is 5.56 Å². The second-order valence-corrected chi connectivity index (χ2v) is 4.40. The number of allylic oxidation sites excluding steroid dienone is 1. The molecular formula is C11H10O2S. The van der Waals surface area contributed by atoms with Crippen molar-refractivity contribution in [3.63, 3.8) is 0 Å². The van der Waals surface area contributed by atoms with Crippen LogP contribution in [0.5, 0.6) is 0 Å². The van der Waals surface area contributed by atoms with E-state index in [-0.39, 0.29) is 0 Å². The number of benzene rings is 1. The van der Waals surface area contributed by atoms with Crippen LogP contribution in [0.25, 0.3) is 0 Å². The molecule has 1 aliphatic rings. The van der Waals surface area contributed by atoms with Crippen LogP contribution in [-0.4, -0.2) is 11.1 Å². The molecule has 0 radical (unpaired) electrons. The Labute approximate surface area is 86.6 Å². The smallest absolute Gasteiger partial charge is 0.325 e. The fourth-order valence-corrected chi connectivity index (χ4v) is 2.57. The van der Waals surface area contributed by atoms with E-state index in [4.69, 9.17) is 0 Å². The van der Waals surface area contributed by atoms with Gasteiger partial charge >= 0.3 is 5.97 Å². The largest absolute Gasteiger partial charge is 0.480 e. The molecule has 2 nitrogen and oxygen atoms in total. The maximum atomic E-state index is 11.3. The van der Waals surface area contributed by atoms with Crippen LogP contribution in [0.2, 0.25) is 0 Å². The van der Waals surface area contributed by atoms with E-state index < -0.39 is 10.7 Å². The van der Waals surface area contributed by atoms with Gasteiger partial charge in [0.1, 0.15) is 4.75 Å². The molecule has 1 aromatic carbocycles. The maximum Gasteiger partial charge on any atom is 0.325 e. The lowest BCUT2D eigenvalue weighted by atomic mass is 9.95. The van der Waals surface area contributed by atoms with Crippen molar-refractivity contribution in [2.45, 2.75) is 11.2 Å². The maximum absolute atomic E-state index is 11.3. The summed E-state index contributed by atoms with van der Waals surface area (Å²) < 4.78 is -0.790. The summed E-state index contributed by atoms with van der Waals surface area (Å²) in [7, 11) is 0. The lowest BCUT2D eigenvalue weighted by Crippen LogP contribution is -2.29. The minimum Gasteiger partial charge on any atom is -0.480 e. The first-order valence-electron chi connectivity index (χ1n) is 4.37. The van der Waals surface area contributed by atoms with Crippen LogP contribution in [0, 0.1) is 0 Å². The molecule has 1 unspecified atom stereocenters. The van der Waals surface area contributed by atoms with Crippen LogP contribution in [0.4, 0.5) is 0 Å². The second-order valence-electron chi connectivity index (χ2n) is 3.19.